The monoisotopic (exact) mass is 312 g/mol. The molecule has 0 radical (unpaired) electrons. The molecular formula is C14H11F3N2O3. The van der Waals surface area contributed by atoms with Crippen LogP contribution in [0.15, 0.2) is 23.0 Å². The lowest BCUT2D eigenvalue weighted by molar-refractivity contribution is -0.138. The predicted molar refractivity (Wildman–Crippen MR) is 70.6 cm³/mol. The van der Waals surface area contributed by atoms with Crippen LogP contribution in [0.2, 0.25) is 0 Å². The number of aliphatic carboxylic acids is 1. The molecule has 1 aliphatic carbocycles. The number of carboxylic acid groups (broad SMARTS) is 1. The lowest BCUT2D eigenvalue weighted by atomic mass is 10.1. The van der Waals surface area contributed by atoms with Crippen LogP contribution in [-0.4, -0.2) is 20.9 Å². The van der Waals surface area contributed by atoms with Gasteiger partial charge in [0.1, 0.15) is 5.69 Å². The highest BCUT2D eigenvalue weighted by Gasteiger charge is 2.33. The van der Waals surface area contributed by atoms with E-state index >= 15 is 0 Å². The van der Waals surface area contributed by atoms with Crippen molar-refractivity contribution in [1.29, 1.82) is 0 Å². The molecule has 5 nitrogen and oxygen atoms in total. The van der Waals surface area contributed by atoms with Crippen LogP contribution in [0.25, 0.3) is 10.9 Å². The van der Waals surface area contributed by atoms with Crippen LogP contribution in [0.4, 0.5) is 13.2 Å². The fourth-order valence-electron chi connectivity index (χ4n) is 2.33. The average Bonchev–Trinajstić information content (AvgIpc) is 3.24. The number of carbonyl (C=O) groups is 1. The summed E-state index contributed by atoms with van der Waals surface area (Å²) < 4.78 is 39.8. The third-order valence-electron chi connectivity index (χ3n) is 3.52. The molecular weight excluding hydrogens is 301 g/mol. The van der Waals surface area contributed by atoms with Crippen molar-refractivity contribution in [3.8, 4) is 0 Å². The summed E-state index contributed by atoms with van der Waals surface area (Å²) in [6.45, 7) is 0. The van der Waals surface area contributed by atoms with Gasteiger partial charge in [0.15, 0.2) is 0 Å². The molecule has 1 N–H and O–H groups in total. The summed E-state index contributed by atoms with van der Waals surface area (Å²) >= 11 is 0. The highest BCUT2D eigenvalue weighted by atomic mass is 19.4. The van der Waals surface area contributed by atoms with E-state index in [4.69, 9.17) is 5.11 Å². The molecule has 22 heavy (non-hydrogen) atoms. The van der Waals surface area contributed by atoms with Crippen molar-refractivity contribution in [2.24, 2.45) is 0 Å². The Kier molecular flexibility index (Phi) is 3.19. The first-order valence-corrected chi connectivity index (χ1v) is 6.62. The van der Waals surface area contributed by atoms with Gasteiger partial charge in [-0.2, -0.15) is 18.3 Å². The number of benzene rings is 1. The molecule has 0 spiro atoms. The Morgan fingerprint density at radius 2 is 2.05 bits per heavy atom. The molecule has 0 atom stereocenters. The van der Waals surface area contributed by atoms with Gasteiger partial charge in [-0.3, -0.25) is 14.3 Å². The molecule has 0 unspecified atom stereocenters. The average molecular weight is 312 g/mol. The normalized spacial score (nSPS) is 15.2. The van der Waals surface area contributed by atoms with Crippen molar-refractivity contribution in [3.63, 3.8) is 0 Å². The minimum absolute atomic E-state index is 0.0613. The number of rotatable bonds is 3. The van der Waals surface area contributed by atoms with Gasteiger partial charge >= 0.3 is 12.1 Å². The predicted octanol–water partition coefficient (Wildman–Crippen LogP) is 2.38. The van der Waals surface area contributed by atoms with E-state index in [0.717, 1.165) is 31.0 Å². The standard InChI is InChI=1S/C14H11F3N2O3/c15-14(16,17)7-1-4-9-11(5-7)19(8-2-3-8)18-10(13(9)22)6-12(20)21/h1,4-5,8H,2-3,6H2,(H,20,21). The van der Waals surface area contributed by atoms with Crippen molar-refractivity contribution in [3.05, 3.63) is 39.7 Å². The van der Waals surface area contributed by atoms with E-state index in [1.165, 1.54) is 4.68 Å². The summed E-state index contributed by atoms with van der Waals surface area (Å²) in [5, 5.41) is 12.9. The molecule has 0 amide bonds. The van der Waals surface area contributed by atoms with Crippen LogP contribution in [0.1, 0.15) is 30.1 Å². The molecule has 0 saturated heterocycles. The maximum atomic E-state index is 12.8. The second kappa shape index (κ2) is 4.82. The molecule has 3 rings (SSSR count). The van der Waals surface area contributed by atoms with Gasteiger partial charge in [-0.05, 0) is 31.0 Å². The van der Waals surface area contributed by atoms with Gasteiger partial charge in [0.05, 0.1) is 23.5 Å². The lowest BCUT2D eigenvalue weighted by Gasteiger charge is -2.13. The van der Waals surface area contributed by atoms with Crippen molar-refractivity contribution < 1.29 is 23.1 Å². The highest BCUT2D eigenvalue weighted by molar-refractivity contribution is 5.81. The van der Waals surface area contributed by atoms with Gasteiger partial charge in [-0.1, -0.05) is 0 Å². The first kappa shape index (κ1) is 14.6. The van der Waals surface area contributed by atoms with Gasteiger partial charge in [-0.15, -0.1) is 0 Å². The summed E-state index contributed by atoms with van der Waals surface area (Å²) in [5.74, 6) is -1.21. The Bertz CT molecular complexity index is 822. The Balaban J connectivity index is 2.27. The van der Waals surface area contributed by atoms with Crippen LogP contribution < -0.4 is 5.43 Å². The largest absolute Gasteiger partial charge is 0.481 e. The Morgan fingerprint density at radius 3 is 2.59 bits per heavy atom. The summed E-state index contributed by atoms with van der Waals surface area (Å²) in [6.07, 6.45) is -3.58. The van der Waals surface area contributed by atoms with E-state index in [0.29, 0.717) is 0 Å². The molecule has 116 valence electrons. The second-order valence-electron chi connectivity index (χ2n) is 5.25. The van der Waals surface area contributed by atoms with E-state index in [1.807, 2.05) is 0 Å². The Morgan fingerprint density at radius 1 is 1.36 bits per heavy atom. The third-order valence-corrected chi connectivity index (χ3v) is 3.52. The lowest BCUT2D eigenvalue weighted by Crippen LogP contribution is -2.22. The maximum absolute atomic E-state index is 12.8. The van der Waals surface area contributed by atoms with Crippen molar-refractivity contribution in [1.82, 2.24) is 9.78 Å². The molecule has 1 aliphatic rings. The fraction of sp³-hybridized carbons (Fsp3) is 0.357. The molecule has 1 heterocycles. The van der Waals surface area contributed by atoms with Gasteiger partial charge in [0.2, 0.25) is 5.43 Å². The zero-order valence-electron chi connectivity index (χ0n) is 11.2. The van der Waals surface area contributed by atoms with Crippen molar-refractivity contribution in [2.45, 2.75) is 31.5 Å². The number of alkyl halides is 3. The third kappa shape index (κ3) is 2.56. The van der Waals surface area contributed by atoms with Crippen LogP contribution in [0, 0.1) is 0 Å². The maximum Gasteiger partial charge on any atom is 0.416 e. The zero-order chi connectivity index (χ0) is 16.1. The van der Waals surface area contributed by atoms with Gasteiger partial charge < -0.3 is 5.11 Å². The van der Waals surface area contributed by atoms with Crippen LogP contribution in [0.3, 0.4) is 0 Å². The Labute approximate surface area is 122 Å². The van der Waals surface area contributed by atoms with E-state index in [2.05, 4.69) is 5.10 Å². The van der Waals surface area contributed by atoms with Crippen LogP contribution >= 0.6 is 0 Å². The number of carboxylic acids is 1. The van der Waals surface area contributed by atoms with E-state index in [-0.39, 0.29) is 22.6 Å². The van der Waals surface area contributed by atoms with Crippen LogP contribution in [-0.2, 0) is 17.4 Å². The summed E-state index contributed by atoms with van der Waals surface area (Å²) in [7, 11) is 0. The molecule has 1 aromatic carbocycles. The van der Waals surface area contributed by atoms with Gasteiger partial charge in [0.25, 0.3) is 0 Å². The number of aromatic nitrogens is 2. The molecule has 8 heteroatoms. The number of hydrogen-bond donors (Lipinski definition) is 1. The summed E-state index contributed by atoms with van der Waals surface area (Å²) in [5.41, 5.74) is -1.56. The first-order chi connectivity index (χ1) is 10.3. The molecule has 0 bridgehead atoms. The molecule has 1 fully saturated rings. The fourth-order valence-corrected chi connectivity index (χ4v) is 2.33. The topological polar surface area (TPSA) is 72.2 Å². The smallest absolute Gasteiger partial charge is 0.416 e. The Hall–Kier alpha value is -2.38. The van der Waals surface area contributed by atoms with Crippen molar-refractivity contribution in [2.75, 3.05) is 0 Å². The minimum Gasteiger partial charge on any atom is -0.481 e. The second-order valence-corrected chi connectivity index (χ2v) is 5.25. The number of nitrogens with zero attached hydrogens (tertiary/aromatic N) is 2. The number of fused-ring (bicyclic) bond motifs is 1. The minimum atomic E-state index is -4.52. The van der Waals surface area contributed by atoms with Crippen molar-refractivity contribution >= 4 is 16.9 Å². The first-order valence-electron chi connectivity index (χ1n) is 6.62. The van der Waals surface area contributed by atoms with Crippen LogP contribution in [0.5, 0.6) is 0 Å². The molecule has 2 aromatic rings. The van der Waals surface area contributed by atoms with E-state index in [9.17, 15) is 22.8 Å². The van der Waals surface area contributed by atoms with Gasteiger partial charge in [-0.25, -0.2) is 0 Å². The molecule has 1 saturated carbocycles. The zero-order valence-corrected chi connectivity index (χ0v) is 11.2. The molecule has 1 aromatic heterocycles. The number of halogens is 3. The quantitative estimate of drug-likeness (QED) is 0.944. The van der Waals surface area contributed by atoms with E-state index < -0.39 is 29.6 Å². The number of hydrogen-bond acceptors (Lipinski definition) is 3. The van der Waals surface area contributed by atoms with E-state index in [1.54, 1.807) is 0 Å². The SMILES string of the molecule is O=C(O)Cc1nn(C2CC2)c2cc(C(F)(F)F)ccc2c1=O. The summed E-state index contributed by atoms with van der Waals surface area (Å²) in [4.78, 5) is 23.0. The molecule has 0 aliphatic heterocycles. The summed E-state index contributed by atoms with van der Waals surface area (Å²) in [6, 6.07) is 2.73. The highest BCUT2D eigenvalue weighted by Crippen LogP contribution is 2.37. The van der Waals surface area contributed by atoms with Gasteiger partial charge in [0, 0.05) is 5.39 Å².